The van der Waals surface area contributed by atoms with Crippen molar-refractivity contribution in [3.05, 3.63) is 42.4 Å². The minimum absolute atomic E-state index is 0.798. The van der Waals surface area contributed by atoms with Gasteiger partial charge in [-0.3, -0.25) is 0 Å². The molecule has 1 aromatic carbocycles. The number of unbranched alkanes of at least 4 members (excludes halogenated alkanes) is 1. The number of para-hydroxylation sites is 1. The number of aromatic nitrogens is 5. The van der Waals surface area contributed by atoms with Gasteiger partial charge < -0.3 is 4.57 Å². The first-order valence-corrected chi connectivity index (χ1v) is 6.20. The molecule has 0 spiro atoms. The van der Waals surface area contributed by atoms with E-state index >= 15 is 0 Å². The van der Waals surface area contributed by atoms with E-state index in [1.165, 1.54) is 10.9 Å². The van der Waals surface area contributed by atoms with E-state index in [1.54, 1.807) is 0 Å². The van der Waals surface area contributed by atoms with Crippen LogP contribution in [0.4, 0.5) is 0 Å². The van der Waals surface area contributed by atoms with Crippen molar-refractivity contribution in [3.63, 3.8) is 0 Å². The van der Waals surface area contributed by atoms with Crippen LogP contribution in [-0.2, 0) is 13.0 Å². The molecule has 92 valence electrons. The number of nitrogens with one attached hydrogen (secondary N) is 1. The number of tetrazole rings is 1. The van der Waals surface area contributed by atoms with Gasteiger partial charge in [0.25, 0.3) is 0 Å². The molecule has 2 heterocycles. The van der Waals surface area contributed by atoms with Crippen molar-refractivity contribution in [3.8, 4) is 0 Å². The van der Waals surface area contributed by atoms with Crippen molar-refractivity contribution >= 4 is 10.9 Å². The molecule has 0 atom stereocenters. The van der Waals surface area contributed by atoms with Gasteiger partial charge in [0, 0.05) is 24.7 Å². The lowest BCUT2D eigenvalue weighted by atomic mass is 10.2. The van der Waals surface area contributed by atoms with E-state index in [0.29, 0.717) is 0 Å². The Morgan fingerprint density at radius 1 is 1.11 bits per heavy atom. The topological polar surface area (TPSA) is 59.4 Å². The molecule has 0 bridgehead atoms. The maximum atomic E-state index is 3.95. The largest absolute Gasteiger partial charge is 0.347 e. The number of benzene rings is 1. The quantitative estimate of drug-likeness (QED) is 0.696. The Labute approximate surface area is 105 Å². The van der Waals surface area contributed by atoms with Gasteiger partial charge in [-0.15, -0.1) is 10.2 Å². The fourth-order valence-electron chi connectivity index (χ4n) is 2.19. The molecule has 0 aliphatic rings. The van der Waals surface area contributed by atoms with Gasteiger partial charge in [0.1, 0.15) is 0 Å². The molecular formula is C13H15N5. The third kappa shape index (κ3) is 2.25. The smallest absolute Gasteiger partial charge is 0.174 e. The Morgan fingerprint density at radius 3 is 2.94 bits per heavy atom. The summed E-state index contributed by atoms with van der Waals surface area (Å²) in [7, 11) is 0. The number of aryl methyl sites for hydroxylation is 2. The highest BCUT2D eigenvalue weighted by atomic mass is 15.5. The van der Waals surface area contributed by atoms with Crippen LogP contribution in [0.2, 0.25) is 0 Å². The highest BCUT2D eigenvalue weighted by Crippen LogP contribution is 2.15. The van der Waals surface area contributed by atoms with Gasteiger partial charge in [0.2, 0.25) is 0 Å². The molecule has 0 aliphatic heterocycles. The standard InChI is InChI=1S/C13H15N5/c1-2-6-12-11(5-1)8-10-18(12)9-4-3-7-13-14-16-17-15-13/h1-2,5-6,8,10H,3-4,7,9H2,(H,14,15,16,17). The van der Waals surface area contributed by atoms with Gasteiger partial charge in [0.05, 0.1) is 0 Å². The van der Waals surface area contributed by atoms with Crippen molar-refractivity contribution in [2.45, 2.75) is 25.8 Å². The van der Waals surface area contributed by atoms with Gasteiger partial charge in [0.15, 0.2) is 5.82 Å². The molecule has 3 rings (SSSR count). The van der Waals surface area contributed by atoms with Crippen LogP contribution in [-0.4, -0.2) is 25.2 Å². The third-order valence-electron chi connectivity index (χ3n) is 3.12. The lowest BCUT2D eigenvalue weighted by molar-refractivity contribution is 0.615. The minimum atomic E-state index is 0.798. The summed E-state index contributed by atoms with van der Waals surface area (Å²) in [6.45, 7) is 1.03. The second-order valence-electron chi connectivity index (χ2n) is 4.35. The normalized spacial score (nSPS) is 11.1. The van der Waals surface area contributed by atoms with Crippen LogP contribution in [0.1, 0.15) is 18.7 Å². The van der Waals surface area contributed by atoms with Gasteiger partial charge in [-0.1, -0.05) is 23.4 Å². The summed E-state index contributed by atoms with van der Waals surface area (Å²) in [6.07, 6.45) is 5.23. The maximum absolute atomic E-state index is 3.95. The van der Waals surface area contributed by atoms with Crippen LogP contribution >= 0.6 is 0 Å². The molecule has 0 saturated heterocycles. The van der Waals surface area contributed by atoms with Crippen LogP contribution in [0.15, 0.2) is 36.5 Å². The predicted molar refractivity (Wildman–Crippen MR) is 69.1 cm³/mol. The molecule has 0 unspecified atom stereocenters. The molecule has 0 amide bonds. The minimum Gasteiger partial charge on any atom is -0.347 e. The summed E-state index contributed by atoms with van der Waals surface area (Å²) >= 11 is 0. The molecule has 0 radical (unpaired) electrons. The molecule has 0 aliphatic carbocycles. The Kier molecular flexibility index (Phi) is 3.04. The molecular weight excluding hydrogens is 226 g/mol. The fraction of sp³-hybridized carbons (Fsp3) is 0.308. The predicted octanol–water partition coefficient (Wildman–Crippen LogP) is 2.18. The number of fused-ring (bicyclic) bond motifs is 1. The first kappa shape index (κ1) is 11.0. The zero-order chi connectivity index (χ0) is 12.2. The third-order valence-corrected chi connectivity index (χ3v) is 3.12. The van der Waals surface area contributed by atoms with E-state index in [4.69, 9.17) is 0 Å². The summed E-state index contributed by atoms with van der Waals surface area (Å²) in [6, 6.07) is 10.6. The highest BCUT2D eigenvalue weighted by molar-refractivity contribution is 5.79. The number of rotatable bonds is 5. The first-order valence-electron chi connectivity index (χ1n) is 6.20. The van der Waals surface area contributed by atoms with E-state index in [1.807, 2.05) is 0 Å². The van der Waals surface area contributed by atoms with Gasteiger partial charge in [-0.25, -0.2) is 0 Å². The molecule has 0 saturated carbocycles. The van der Waals surface area contributed by atoms with E-state index in [-0.39, 0.29) is 0 Å². The summed E-state index contributed by atoms with van der Waals surface area (Å²) in [5.41, 5.74) is 1.30. The Balaban J connectivity index is 1.57. The van der Waals surface area contributed by atoms with Gasteiger partial charge in [-0.2, -0.15) is 5.21 Å². The molecule has 0 fully saturated rings. The second kappa shape index (κ2) is 5.00. The molecule has 18 heavy (non-hydrogen) atoms. The van der Waals surface area contributed by atoms with Crippen LogP contribution < -0.4 is 0 Å². The van der Waals surface area contributed by atoms with E-state index < -0.39 is 0 Å². The summed E-state index contributed by atoms with van der Waals surface area (Å²) in [5.74, 6) is 0.798. The molecule has 5 heteroatoms. The SMILES string of the molecule is c1ccc2c(c1)ccn2CCCCc1nn[nH]n1. The number of hydrogen-bond donors (Lipinski definition) is 1. The van der Waals surface area contributed by atoms with E-state index in [9.17, 15) is 0 Å². The number of nitrogens with zero attached hydrogens (tertiary/aromatic N) is 4. The lowest BCUT2D eigenvalue weighted by Crippen LogP contribution is -1.97. The monoisotopic (exact) mass is 241 g/mol. The van der Waals surface area contributed by atoms with E-state index in [2.05, 4.69) is 61.7 Å². The van der Waals surface area contributed by atoms with Gasteiger partial charge >= 0.3 is 0 Å². The summed E-state index contributed by atoms with van der Waals surface area (Å²) < 4.78 is 2.30. The van der Waals surface area contributed by atoms with Crippen LogP contribution in [0.3, 0.4) is 0 Å². The lowest BCUT2D eigenvalue weighted by Gasteiger charge is -2.04. The number of hydrogen-bond acceptors (Lipinski definition) is 3. The number of aromatic amines is 1. The summed E-state index contributed by atoms with van der Waals surface area (Å²) in [4.78, 5) is 0. The summed E-state index contributed by atoms with van der Waals surface area (Å²) in [5, 5.41) is 15.2. The number of H-pyrrole nitrogens is 1. The highest BCUT2D eigenvalue weighted by Gasteiger charge is 2.01. The van der Waals surface area contributed by atoms with Crippen LogP contribution in [0.5, 0.6) is 0 Å². The zero-order valence-electron chi connectivity index (χ0n) is 10.1. The molecule has 2 aromatic heterocycles. The van der Waals surface area contributed by atoms with Crippen molar-refractivity contribution in [1.82, 2.24) is 25.2 Å². The Hall–Kier alpha value is -2.17. The van der Waals surface area contributed by atoms with Crippen molar-refractivity contribution in [2.24, 2.45) is 0 Å². The molecule has 3 aromatic rings. The Morgan fingerprint density at radius 2 is 2.06 bits per heavy atom. The van der Waals surface area contributed by atoms with Crippen molar-refractivity contribution < 1.29 is 0 Å². The van der Waals surface area contributed by atoms with Crippen molar-refractivity contribution in [2.75, 3.05) is 0 Å². The molecule has 5 nitrogen and oxygen atoms in total. The van der Waals surface area contributed by atoms with Crippen molar-refractivity contribution in [1.29, 1.82) is 0 Å². The van der Waals surface area contributed by atoms with Gasteiger partial charge in [-0.05, 0) is 30.4 Å². The average Bonchev–Trinajstić information content (AvgIpc) is 3.04. The van der Waals surface area contributed by atoms with Crippen LogP contribution in [0.25, 0.3) is 10.9 Å². The average molecular weight is 241 g/mol. The zero-order valence-corrected chi connectivity index (χ0v) is 10.1. The fourth-order valence-corrected chi connectivity index (χ4v) is 2.19. The first-order chi connectivity index (χ1) is 8.93. The van der Waals surface area contributed by atoms with E-state index in [0.717, 1.165) is 31.6 Å². The Bertz CT molecular complexity index is 611. The second-order valence-corrected chi connectivity index (χ2v) is 4.35. The van der Waals surface area contributed by atoms with Crippen LogP contribution in [0, 0.1) is 0 Å². The maximum Gasteiger partial charge on any atom is 0.174 e. The molecule has 1 N–H and O–H groups in total.